The maximum absolute atomic E-state index is 13.0. The minimum absolute atomic E-state index is 0.0223. The van der Waals surface area contributed by atoms with E-state index < -0.39 is 17.2 Å². The summed E-state index contributed by atoms with van der Waals surface area (Å²) in [6.07, 6.45) is 0.550. The highest BCUT2D eigenvalue weighted by molar-refractivity contribution is 6.09. The van der Waals surface area contributed by atoms with Crippen LogP contribution in [0, 0.1) is 5.92 Å². The molecule has 2 aromatic carbocycles. The summed E-state index contributed by atoms with van der Waals surface area (Å²) in [5.41, 5.74) is -0.393. The number of nitrogens with one attached hydrogen (secondary N) is 1. The second kappa shape index (κ2) is 6.48. The molecule has 0 unspecified atom stereocenters. The first-order valence-corrected chi connectivity index (χ1v) is 9.37. The van der Waals surface area contributed by atoms with Crippen LogP contribution in [0.1, 0.15) is 32.8 Å². The van der Waals surface area contributed by atoms with Crippen LogP contribution in [0.4, 0.5) is 4.79 Å². The minimum atomic E-state index is -0.928. The number of carbonyl (C=O) groups is 2. The quantitative estimate of drug-likeness (QED) is 0.425. The normalized spacial score (nSPS) is 19.8. The van der Waals surface area contributed by atoms with Gasteiger partial charge in [0.25, 0.3) is 5.91 Å². The largest absolute Gasteiger partial charge is 0.423 e. The zero-order chi connectivity index (χ0) is 20.1. The maximum Gasteiger partial charge on any atom is 0.336 e. The summed E-state index contributed by atoms with van der Waals surface area (Å²) in [5.74, 6) is -0.0180. The fourth-order valence-corrected chi connectivity index (χ4v) is 4.16. The number of amides is 3. The molecule has 3 amide bonds. The summed E-state index contributed by atoms with van der Waals surface area (Å²) in [4.78, 5) is 38.8. The first-order chi connectivity index (χ1) is 13.3. The third-order valence-electron chi connectivity index (χ3n) is 5.20. The van der Waals surface area contributed by atoms with E-state index in [0.717, 1.165) is 16.2 Å². The Morgan fingerprint density at radius 1 is 1.11 bits per heavy atom. The number of hydrogen-bond donors (Lipinski definition) is 1. The standard InChI is InChI=1S/C22H22N2O4/c1-13(2)11-22(3)20(26)24(21(27)23-22)12-15-10-18(25)28-17-9-8-14-6-4-5-7-16(14)19(15)17/h4-10,13H,11-12H2,1-3H3,(H,23,27)/t22-/m0/s1. The van der Waals surface area contributed by atoms with Crippen LogP contribution >= 0.6 is 0 Å². The molecule has 1 N–H and O–H groups in total. The number of urea groups is 1. The van der Waals surface area contributed by atoms with Gasteiger partial charge in [-0.2, -0.15) is 0 Å². The van der Waals surface area contributed by atoms with Crippen LogP contribution in [0.25, 0.3) is 21.7 Å². The van der Waals surface area contributed by atoms with Gasteiger partial charge in [0, 0.05) is 11.5 Å². The van der Waals surface area contributed by atoms with Gasteiger partial charge >= 0.3 is 11.7 Å². The van der Waals surface area contributed by atoms with Gasteiger partial charge in [-0.3, -0.25) is 9.69 Å². The van der Waals surface area contributed by atoms with Crippen molar-refractivity contribution >= 4 is 33.7 Å². The molecular formula is C22H22N2O4. The lowest BCUT2D eigenvalue weighted by Crippen LogP contribution is -2.44. The third kappa shape index (κ3) is 2.95. The number of fused-ring (bicyclic) bond motifs is 3. The highest BCUT2D eigenvalue weighted by Crippen LogP contribution is 2.31. The van der Waals surface area contributed by atoms with Gasteiger partial charge in [-0.15, -0.1) is 0 Å². The van der Waals surface area contributed by atoms with Crippen molar-refractivity contribution in [1.29, 1.82) is 0 Å². The molecule has 4 rings (SSSR count). The molecule has 0 radical (unpaired) electrons. The number of benzene rings is 2. The van der Waals surface area contributed by atoms with E-state index in [2.05, 4.69) is 5.32 Å². The molecule has 2 heterocycles. The maximum atomic E-state index is 13.0. The second-order valence-electron chi connectivity index (χ2n) is 8.00. The van der Waals surface area contributed by atoms with Crippen LogP contribution in [0.15, 0.2) is 51.7 Å². The van der Waals surface area contributed by atoms with Gasteiger partial charge in [-0.05, 0) is 41.7 Å². The lowest BCUT2D eigenvalue weighted by molar-refractivity contribution is -0.131. The van der Waals surface area contributed by atoms with Crippen LogP contribution in [0.2, 0.25) is 0 Å². The van der Waals surface area contributed by atoms with Crippen LogP contribution in [-0.4, -0.2) is 22.4 Å². The summed E-state index contributed by atoms with van der Waals surface area (Å²) < 4.78 is 5.36. The van der Waals surface area contributed by atoms with E-state index in [4.69, 9.17) is 4.42 Å². The summed E-state index contributed by atoms with van der Waals surface area (Å²) in [6, 6.07) is 12.3. The molecule has 6 heteroatoms. The summed E-state index contributed by atoms with van der Waals surface area (Å²) in [7, 11) is 0. The van der Waals surface area contributed by atoms with Crippen LogP contribution in [-0.2, 0) is 11.3 Å². The van der Waals surface area contributed by atoms with Crippen LogP contribution in [0.3, 0.4) is 0 Å². The van der Waals surface area contributed by atoms with E-state index in [1.54, 1.807) is 13.0 Å². The number of rotatable bonds is 4. The average molecular weight is 378 g/mol. The van der Waals surface area contributed by atoms with Crippen molar-refractivity contribution in [1.82, 2.24) is 10.2 Å². The third-order valence-corrected chi connectivity index (χ3v) is 5.20. The van der Waals surface area contributed by atoms with Crippen molar-refractivity contribution in [3.8, 4) is 0 Å². The van der Waals surface area contributed by atoms with E-state index in [0.29, 0.717) is 17.6 Å². The zero-order valence-corrected chi connectivity index (χ0v) is 16.1. The van der Waals surface area contributed by atoms with Gasteiger partial charge in [0.15, 0.2) is 0 Å². The van der Waals surface area contributed by atoms with Gasteiger partial charge < -0.3 is 9.73 Å². The number of carbonyl (C=O) groups excluding carboxylic acids is 2. The van der Waals surface area contributed by atoms with Gasteiger partial charge in [-0.25, -0.2) is 9.59 Å². The minimum Gasteiger partial charge on any atom is -0.423 e. The molecule has 3 aromatic rings. The van der Waals surface area contributed by atoms with Crippen molar-refractivity contribution in [2.75, 3.05) is 0 Å². The highest BCUT2D eigenvalue weighted by atomic mass is 16.4. The van der Waals surface area contributed by atoms with Crippen LogP contribution < -0.4 is 10.9 Å². The van der Waals surface area contributed by atoms with Crippen molar-refractivity contribution in [2.45, 2.75) is 39.3 Å². The van der Waals surface area contributed by atoms with E-state index in [9.17, 15) is 14.4 Å². The SMILES string of the molecule is CC(C)C[C@]1(C)NC(=O)N(Cc2cc(=O)oc3ccc4ccccc4c23)C1=O. The molecule has 1 fully saturated rings. The molecule has 144 valence electrons. The monoisotopic (exact) mass is 378 g/mol. The zero-order valence-electron chi connectivity index (χ0n) is 16.1. The molecule has 1 atom stereocenters. The summed E-state index contributed by atoms with van der Waals surface area (Å²) >= 11 is 0. The Morgan fingerprint density at radius 3 is 2.61 bits per heavy atom. The predicted octanol–water partition coefficient (Wildman–Crippen LogP) is 3.80. The van der Waals surface area contributed by atoms with Gasteiger partial charge in [0.05, 0.1) is 6.54 Å². The average Bonchev–Trinajstić information content (AvgIpc) is 2.83. The molecule has 1 aromatic heterocycles. The smallest absolute Gasteiger partial charge is 0.336 e. The fraction of sp³-hybridized carbons (Fsp3) is 0.318. The summed E-state index contributed by atoms with van der Waals surface area (Å²) in [6.45, 7) is 5.79. The first-order valence-electron chi connectivity index (χ1n) is 9.37. The van der Waals surface area contributed by atoms with Crippen LogP contribution in [0.5, 0.6) is 0 Å². The molecule has 0 spiro atoms. The number of imide groups is 1. The Bertz CT molecular complexity index is 1160. The Kier molecular flexibility index (Phi) is 4.22. The van der Waals surface area contributed by atoms with Gasteiger partial charge in [0.1, 0.15) is 11.1 Å². The first kappa shape index (κ1) is 18.2. The molecule has 0 saturated carbocycles. The van der Waals surface area contributed by atoms with Crippen molar-refractivity contribution in [3.63, 3.8) is 0 Å². The molecule has 0 aliphatic carbocycles. The van der Waals surface area contributed by atoms with Crippen molar-refractivity contribution < 1.29 is 14.0 Å². The topological polar surface area (TPSA) is 79.6 Å². The molecule has 0 bridgehead atoms. The predicted molar refractivity (Wildman–Crippen MR) is 107 cm³/mol. The fourth-order valence-electron chi connectivity index (χ4n) is 4.16. The molecule has 28 heavy (non-hydrogen) atoms. The van der Waals surface area contributed by atoms with Crippen molar-refractivity contribution in [3.05, 3.63) is 58.4 Å². The lowest BCUT2D eigenvalue weighted by Gasteiger charge is -2.23. The Labute approximate surface area is 162 Å². The van der Waals surface area contributed by atoms with E-state index in [1.807, 2.05) is 44.2 Å². The molecule has 1 aliphatic rings. The Morgan fingerprint density at radius 2 is 1.86 bits per heavy atom. The van der Waals surface area contributed by atoms with Gasteiger partial charge in [-0.1, -0.05) is 44.2 Å². The molecule has 1 saturated heterocycles. The van der Waals surface area contributed by atoms with E-state index in [1.165, 1.54) is 11.0 Å². The lowest BCUT2D eigenvalue weighted by atomic mass is 9.91. The summed E-state index contributed by atoms with van der Waals surface area (Å²) in [5, 5.41) is 5.47. The van der Waals surface area contributed by atoms with Crippen molar-refractivity contribution in [2.24, 2.45) is 5.92 Å². The number of nitrogens with zero attached hydrogens (tertiary/aromatic N) is 1. The molecule has 6 nitrogen and oxygen atoms in total. The highest BCUT2D eigenvalue weighted by Gasteiger charge is 2.47. The Hall–Kier alpha value is -3.15. The van der Waals surface area contributed by atoms with E-state index in [-0.39, 0.29) is 18.4 Å². The molecular weight excluding hydrogens is 356 g/mol. The molecule has 1 aliphatic heterocycles. The van der Waals surface area contributed by atoms with Gasteiger partial charge in [0.2, 0.25) is 0 Å². The Balaban J connectivity index is 1.82. The number of hydrogen-bond acceptors (Lipinski definition) is 4. The second-order valence-corrected chi connectivity index (χ2v) is 8.00. The van der Waals surface area contributed by atoms with E-state index >= 15 is 0 Å².